The highest BCUT2D eigenvalue weighted by Gasteiger charge is 2.20. The van der Waals surface area contributed by atoms with Gasteiger partial charge in [-0.3, -0.25) is 14.9 Å². The van der Waals surface area contributed by atoms with Crippen molar-refractivity contribution in [3.8, 4) is 5.75 Å². The molecule has 0 heterocycles. The Bertz CT molecular complexity index is 686. The first kappa shape index (κ1) is 15.5. The lowest BCUT2D eigenvalue weighted by Crippen LogP contribution is -2.30. The molecule has 0 aliphatic carbocycles. The van der Waals surface area contributed by atoms with Gasteiger partial charge in [0.05, 0.1) is 4.92 Å². The first-order valence-corrected chi connectivity index (χ1v) is 6.75. The molecule has 0 aliphatic heterocycles. The standard InChI is InChI=1S/C16H16N2O4/c1-11-8-9-14(15(10-11)18(20)21)17-16(19)12(2)22-13-6-4-3-5-7-13/h3-10,12H,1-2H3,(H,17,19)/t12-/m0/s1. The molecule has 0 unspecified atom stereocenters. The largest absolute Gasteiger partial charge is 0.481 e. The zero-order valence-corrected chi connectivity index (χ0v) is 12.3. The van der Waals surface area contributed by atoms with Crippen molar-refractivity contribution in [1.29, 1.82) is 0 Å². The van der Waals surface area contributed by atoms with Gasteiger partial charge in [0.2, 0.25) is 0 Å². The Morgan fingerprint density at radius 2 is 1.91 bits per heavy atom. The molecule has 0 radical (unpaired) electrons. The Hall–Kier alpha value is -2.89. The number of amides is 1. The number of hydrogen-bond acceptors (Lipinski definition) is 4. The maximum atomic E-state index is 12.1. The number of nitro benzene ring substituents is 1. The number of ether oxygens (including phenoxy) is 1. The van der Waals surface area contributed by atoms with E-state index < -0.39 is 16.9 Å². The van der Waals surface area contributed by atoms with E-state index in [-0.39, 0.29) is 11.4 Å². The fourth-order valence-electron chi connectivity index (χ4n) is 1.89. The average Bonchev–Trinajstić information content (AvgIpc) is 2.49. The minimum Gasteiger partial charge on any atom is -0.481 e. The maximum Gasteiger partial charge on any atom is 0.293 e. The molecule has 0 spiro atoms. The SMILES string of the molecule is Cc1ccc(NC(=O)[C@H](C)Oc2ccccc2)c([N+](=O)[O-])c1. The summed E-state index contributed by atoms with van der Waals surface area (Å²) in [5, 5.41) is 13.6. The van der Waals surface area contributed by atoms with E-state index in [0.717, 1.165) is 5.56 Å². The Kier molecular flexibility index (Phi) is 4.73. The first-order chi connectivity index (χ1) is 10.5. The van der Waals surface area contributed by atoms with Crippen molar-refractivity contribution in [2.24, 2.45) is 0 Å². The highest BCUT2D eigenvalue weighted by Crippen LogP contribution is 2.25. The quantitative estimate of drug-likeness (QED) is 0.678. The van der Waals surface area contributed by atoms with Crippen LogP contribution in [0.1, 0.15) is 12.5 Å². The van der Waals surface area contributed by atoms with Gasteiger partial charge in [0.15, 0.2) is 6.10 Å². The lowest BCUT2D eigenvalue weighted by Gasteiger charge is -2.14. The monoisotopic (exact) mass is 300 g/mol. The van der Waals surface area contributed by atoms with Crippen LogP contribution < -0.4 is 10.1 Å². The highest BCUT2D eigenvalue weighted by atomic mass is 16.6. The van der Waals surface area contributed by atoms with Gasteiger partial charge in [0.25, 0.3) is 11.6 Å². The molecule has 1 atom stereocenters. The molecular weight excluding hydrogens is 284 g/mol. The molecule has 0 saturated carbocycles. The molecule has 114 valence electrons. The zero-order valence-electron chi connectivity index (χ0n) is 12.3. The van der Waals surface area contributed by atoms with Crippen LogP contribution in [0.2, 0.25) is 0 Å². The molecule has 0 aromatic heterocycles. The summed E-state index contributed by atoms with van der Waals surface area (Å²) in [5.41, 5.74) is 0.766. The molecule has 0 fully saturated rings. The minimum atomic E-state index is -0.775. The number of aryl methyl sites for hydroxylation is 1. The van der Waals surface area contributed by atoms with Crippen LogP contribution in [-0.2, 0) is 4.79 Å². The minimum absolute atomic E-state index is 0.139. The third-order valence-electron chi connectivity index (χ3n) is 3.03. The van der Waals surface area contributed by atoms with E-state index in [9.17, 15) is 14.9 Å². The van der Waals surface area contributed by atoms with Crippen molar-refractivity contribution >= 4 is 17.3 Å². The van der Waals surface area contributed by atoms with Gasteiger partial charge in [0, 0.05) is 6.07 Å². The Morgan fingerprint density at radius 3 is 2.55 bits per heavy atom. The number of hydrogen-bond donors (Lipinski definition) is 1. The number of benzene rings is 2. The number of para-hydroxylation sites is 1. The molecule has 1 amide bonds. The van der Waals surface area contributed by atoms with Crippen LogP contribution >= 0.6 is 0 Å². The summed E-state index contributed by atoms with van der Waals surface area (Å²) in [6.07, 6.45) is -0.775. The smallest absolute Gasteiger partial charge is 0.293 e. The van der Waals surface area contributed by atoms with Gasteiger partial charge in [-0.25, -0.2) is 0 Å². The van der Waals surface area contributed by atoms with E-state index in [0.29, 0.717) is 5.75 Å². The fourth-order valence-corrected chi connectivity index (χ4v) is 1.89. The molecule has 1 N–H and O–H groups in total. The molecule has 2 aromatic rings. The van der Waals surface area contributed by atoms with Crippen molar-refractivity contribution in [2.75, 3.05) is 5.32 Å². The highest BCUT2D eigenvalue weighted by molar-refractivity contribution is 5.96. The molecule has 2 aromatic carbocycles. The van der Waals surface area contributed by atoms with E-state index >= 15 is 0 Å². The van der Waals surface area contributed by atoms with Gasteiger partial charge >= 0.3 is 0 Å². The van der Waals surface area contributed by atoms with E-state index in [1.54, 1.807) is 44.2 Å². The molecule has 0 saturated heterocycles. The van der Waals surface area contributed by atoms with Gasteiger partial charge in [-0.2, -0.15) is 0 Å². The van der Waals surface area contributed by atoms with Crippen LogP contribution in [0.4, 0.5) is 11.4 Å². The predicted octanol–water partition coefficient (Wildman–Crippen LogP) is 3.31. The number of carbonyl (C=O) groups excluding carboxylic acids is 1. The van der Waals surface area contributed by atoms with Crippen LogP contribution in [0.3, 0.4) is 0 Å². The molecule has 6 nitrogen and oxygen atoms in total. The van der Waals surface area contributed by atoms with Crippen molar-refractivity contribution in [3.63, 3.8) is 0 Å². The lowest BCUT2D eigenvalue weighted by atomic mass is 10.2. The van der Waals surface area contributed by atoms with E-state index in [1.165, 1.54) is 12.1 Å². The topological polar surface area (TPSA) is 81.5 Å². The normalized spacial score (nSPS) is 11.5. The first-order valence-electron chi connectivity index (χ1n) is 6.75. The summed E-state index contributed by atoms with van der Waals surface area (Å²) in [4.78, 5) is 22.6. The molecule has 22 heavy (non-hydrogen) atoms. The van der Waals surface area contributed by atoms with Crippen LogP contribution in [-0.4, -0.2) is 16.9 Å². The second-order valence-electron chi connectivity index (χ2n) is 4.84. The average molecular weight is 300 g/mol. The Morgan fingerprint density at radius 1 is 1.23 bits per heavy atom. The Balaban J connectivity index is 2.10. The van der Waals surface area contributed by atoms with Crippen molar-refractivity contribution in [1.82, 2.24) is 0 Å². The number of carbonyl (C=O) groups is 1. The third-order valence-corrected chi connectivity index (χ3v) is 3.03. The second kappa shape index (κ2) is 6.71. The van der Waals surface area contributed by atoms with Gasteiger partial charge in [-0.1, -0.05) is 24.3 Å². The van der Waals surface area contributed by atoms with Gasteiger partial charge < -0.3 is 10.1 Å². The summed E-state index contributed by atoms with van der Waals surface area (Å²) < 4.78 is 5.49. The van der Waals surface area contributed by atoms with E-state index in [2.05, 4.69) is 5.32 Å². The van der Waals surface area contributed by atoms with Gasteiger partial charge in [-0.05, 0) is 37.6 Å². The van der Waals surface area contributed by atoms with Crippen LogP contribution in [0.5, 0.6) is 5.75 Å². The summed E-state index contributed by atoms with van der Waals surface area (Å²) in [5.74, 6) is 0.111. The lowest BCUT2D eigenvalue weighted by molar-refractivity contribution is -0.384. The fraction of sp³-hybridized carbons (Fsp3) is 0.188. The number of nitrogens with one attached hydrogen (secondary N) is 1. The summed E-state index contributed by atoms with van der Waals surface area (Å²) in [7, 11) is 0. The second-order valence-corrected chi connectivity index (χ2v) is 4.84. The number of nitro groups is 1. The number of anilines is 1. The number of rotatable bonds is 5. The molecule has 2 rings (SSSR count). The van der Waals surface area contributed by atoms with Crippen molar-refractivity contribution in [3.05, 3.63) is 64.2 Å². The summed E-state index contributed by atoms with van der Waals surface area (Å²) in [6.45, 7) is 3.34. The molecule has 0 aliphatic rings. The summed E-state index contributed by atoms with van der Waals surface area (Å²) >= 11 is 0. The maximum absolute atomic E-state index is 12.1. The molecular formula is C16H16N2O4. The zero-order chi connectivity index (χ0) is 16.1. The van der Waals surface area contributed by atoms with Crippen LogP contribution in [0.25, 0.3) is 0 Å². The molecule has 6 heteroatoms. The van der Waals surface area contributed by atoms with Crippen molar-refractivity contribution < 1.29 is 14.5 Å². The van der Waals surface area contributed by atoms with Crippen LogP contribution in [0.15, 0.2) is 48.5 Å². The van der Waals surface area contributed by atoms with Gasteiger partial charge in [-0.15, -0.1) is 0 Å². The Labute approximate surface area is 127 Å². The van der Waals surface area contributed by atoms with Gasteiger partial charge in [0.1, 0.15) is 11.4 Å². The van der Waals surface area contributed by atoms with E-state index in [4.69, 9.17) is 4.74 Å². The van der Waals surface area contributed by atoms with Crippen LogP contribution in [0, 0.1) is 17.0 Å². The van der Waals surface area contributed by atoms with Crippen molar-refractivity contribution in [2.45, 2.75) is 20.0 Å². The number of nitrogens with zero attached hydrogens (tertiary/aromatic N) is 1. The third kappa shape index (κ3) is 3.82. The summed E-state index contributed by atoms with van der Waals surface area (Å²) in [6, 6.07) is 13.5. The van der Waals surface area contributed by atoms with E-state index in [1.807, 2.05) is 6.07 Å². The molecule has 0 bridgehead atoms. The predicted molar refractivity (Wildman–Crippen MR) is 83.0 cm³/mol.